The molecule has 1 atom stereocenters. The summed E-state index contributed by atoms with van der Waals surface area (Å²) >= 11 is 0. The van der Waals surface area contributed by atoms with E-state index in [9.17, 15) is 13.2 Å². The lowest BCUT2D eigenvalue weighted by atomic mass is 10.2. The lowest BCUT2D eigenvalue weighted by Crippen LogP contribution is -2.37. The third kappa shape index (κ3) is 6.02. The number of halogens is 3. The molecule has 0 fully saturated rings. The summed E-state index contributed by atoms with van der Waals surface area (Å²) in [6.45, 7) is 3.92. The van der Waals surface area contributed by atoms with Crippen molar-refractivity contribution in [2.45, 2.75) is 39.0 Å². The molecule has 0 bridgehead atoms. The van der Waals surface area contributed by atoms with Crippen LogP contribution in [0.2, 0.25) is 0 Å². The molecule has 1 aromatic rings. The van der Waals surface area contributed by atoms with E-state index in [1.807, 2.05) is 13.8 Å². The molecule has 1 unspecified atom stereocenters. The monoisotopic (exact) mass is 280 g/mol. The van der Waals surface area contributed by atoms with Gasteiger partial charge in [-0.1, -0.05) is 6.92 Å². The summed E-state index contributed by atoms with van der Waals surface area (Å²) < 4.78 is 42.5. The third-order valence-corrected chi connectivity index (χ3v) is 2.50. The van der Waals surface area contributed by atoms with Crippen LogP contribution < -0.4 is 5.32 Å². The van der Waals surface area contributed by atoms with Crippen LogP contribution in [0.25, 0.3) is 0 Å². The van der Waals surface area contributed by atoms with Crippen molar-refractivity contribution >= 4 is 0 Å². The van der Waals surface area contributed by atoms with Crippen molar-refractivity contribution in [1.29, 1.82) is 0 Å². The van der Waals surface area contributed by atoms with E-state index in [-0.39, 0.29) is 12.6 Å². The maximum absolute atomic E-state index is 12.0. The Labute approximate surface area is 110 Å². The van der Waals surface area contributed by atoms with Crippen molar-refractivity contribution in [2.24, 2.45) is 0 Å². The molecule has 8 heteroatoms. The molecule has 5 nitrogen and oxygen atoms in total. The number of ether oxygens (including phenoxy) is 1. The largest absolute Gasteiger partial charge is 0.411 e. The van der Waals surface area contributed by atoms with E-state index in [0.29, 0.717) is 19.5 Å². The van der Waals surface area contributed by atoms with E-state index >= 15 is 0 Å². The zero-order chi connectivity index (χ0) is 14.3. The molecule has 0 aromatic carbocycles. The summed E-state index contributed by atoms with van der Waals surface area (Å²) in [4.78, 5) is 4.10. The number of hydrogen-bond acceptors (Lipinski definition) is 4. The first-order chi connectivity index (χ1) is 8.96. The van der Waals surface area contributed by atoms with Crippen molar-refractivity contribution in [3.8, 4) is 0 Å². The van der Waals surface area contributed by atoms with E-state index in [0.717, 1.165) is 5.82 Å². The highest BCUT2D eigenvalue weighted by Crippen LogP contribution is 2.14. The zero-order valence-corrected chi connectivity index (χ0v) is 11.1. The Hall–Kier alpha value is -1.15. The fourth-order valence-corrected chi connectivity index (χ4v) is 1.73. The molecular weight excluding hydrogens is 261 g/mol. The summed E-state index contributed by atoms with van der Waals surface area (Å²) in [5.74, 6) is 0.740. The molecule has 0 amide bonds. The number of rotatable bonds is 8. The molecule has 19 heavy (non-hydrogen) atoms. The van der Waals surface area contributed by atoms with Gasteiger partial charge in [-0.2, -0.15) is 18.3 Å². The van der Waals surface area contributed by atoms with Gasteiger partial charge >= 0.3 is 6.18 Å². The quantitative estimate of drug-likeness (QED) is 0.782. The Kier molecular flexibility index (Phi) is 6.23. The molecule has 1 rings (SSSR count). The molecule has 0 aliphatic carbocycles. The minimum Gasteiger partial charge on any atom is -0.370 e. The molecule has 0 aliphatic heterocycles. The van der Waals surface area contributed by atoms with E-state index in [4.69, 9.17) is 4.74 Å². The van der Waals surface area contributed by atoms with Crippen LogP contribution in [-0.4, -0.2) is 46.7 Å². The lowest BCUT2D eigenvalue weighted by Gasteiger charge is -2.18. The van der Waals surface area contributed by atoms with E-state index in [2.05, 4.69) is 15.4 Å². The van der Waals surface area contributed by atoms with Gasteiger partial charge in [-0.15, -0.1) is 0 Å². The second-order valence-corrected chi connectivity index (χ2v) is 4.08. The number of nitrogens with zero attached hydrogens (tertiary/aromatic N) is 3. The molecule has 1 aromatic heterocycles. The molecule has 0 saturated heterocycles. The molecular formula is C11H19F3N4O. The summed E-state index contributed by atoms with van der Waals surface area (Å²) in [5, 5.41) is 7.11. The van der Waals surface area contributed by atoms with Crippen molar-refractivity contribution in [1.82, 2.24) is 20.1 Å². The third-order valence-electron chi connectivity index (χ3n) is 2.50. The Morgan fingerprint density at radius 3 is 2.74 bits per heavy atom. The number of nitrogens with one attached hydrogen (secondary N) is 1. The number of likely N-dealkylation sites (N-methyl/N-ethyl adjacent to an activating group) is 1. The second kappa shape index (κ2) is 7.44. The fraction of sp³-hybridized carbons (Fsp3) is 0.818. The second-order valence-electron chi connectivity index (χ2n) is 4.08. The number of aryl methyl sites for hydroxylation is 1. The predicted octanol–water partition coefficient (Wildman–Crippen LogP) is 1.40. The molecule has 0 spiro atoms. The van der Waals surface area contributed by atoms with Crippen LogP contribution >= 0.6 is 0 Å². The molecule has 0 saturated carbocycles. The van der Waals surface area contributed by atoms with Crippen molar-refractivity contribution in [3.63, 3.8) is 0 Å². The highest BCUT2D eigenvalue weighted by atomic mass is 19.4. The van der Waals surface area contributed by atoms with E-state index in [1.165, 1.54) is 6.33 Å². The molecule has 0 aliphatic rings. The number of hydrogen-bond donors (Lipinski definition) is 1. The molecule has 1 N–H and O–H groups in total. The van der Waals surface area contributed by atoms with Gasteiger partial charge in [0.05, 0.1) is 6.61 Å². The van der Waals surface area contributed by atoms with Gasteiger partial charge in [0.25, 0.3) is 0 Å². The maximum atomic E-state index is 12.0. The van der Waals surface area contributed by atoms with Crippen LogP contribution in [0.1, 0.15) is 19.7 Å². The molecule has 0 radical (unpaired) electrons. The first-order valence-electron chi connectivity index (χ1n) is 6.20. The summed E-state index contributed by atoms with van der Waals surface area (Å²) in [6, 6.07) is -0.207. The minimum absolute atomic E-state index is 0.01000. The molecule has 1 heterocycles. The van der Waals surface area contributed by atoms with Crippen LogP contribution in [0.3, 0.4) is 0 Å². The van der Waals surface area contributed by atoms with Gasteiger partial charge in [-0.3, -0.25) is 4.68 Å². The first kappa shape index (κ1) is 15.9. The summed E-state index contributed by atoms with van der Waals surface area (Å²) in [7, 11) is 0. The highest BCUT2D eigenvalue weighted by Gasteiger charge is 2.28. The SMILES string of the molecule is CCNC(COCC(F)(F)F)Cc1ncnn1CC. The summed E-state index contributed by atoms with van der Waals surface area (Å²) in [5.41, 5.74) is 0. The predicted molar refractivity (Wildman–Crippen MR) is 63.7 cm³/mol. The molecule has 110 valence electrons. The summed E-state index contributed by atoms with van der Waals surface area (Å²) in [6.07, 6.45) is -2.36. The van der Waals surface area contributed by atoms with Crippen LogP contribution in [0.15, 0.2) is 6.33 Å². The average molecular weight is 280 g/mol. The van der Waals surface area contributed by atoms with Gasteiger partial charge < -0.3 is 10.1 Å². The van der Waals surface area contributed by atoms with Crippen molar-refractivity contribution in [3.05, 3.63) is 12.2 Å². The van der Waals surface area contributed by atoms with Crippen LogP contribution in [0.4, 0.5) is 13.2 Å². The van der Waals surface area contributed by atoms with Gasteiger partial charge in [-0.25, -0.2) is 4.98 Å². The highest BCUT2D eigenvalue weighted by molar-refractivity contribution is 4.89. The van der Waals surface area contributed by atoms with Gasteiger partial charge in [0.2, 0.25) is 0 Å². The van der Waals surface area contributed by atoms with E-state index in [1.54, 1.807) is 4.68 Å². The standard InChI is InChI=1S/C11H19F3N4O/c1-3-15-9(6-19-7-11(12,13)14)5-10-16-8-17-18(10)4-2/h8-9,15H,3-7H2,1-2H3. The van der Waals surface area contributed by atoms with Gasteiger partial charge in [0.1, 0.15) is 18.8 Å². The van der Waals surface area contributed by atoms with Crippen molar-refractivity contribution < 1.29 is 17.9 Å². The van der Waals surface area contributed by atoms with Crippen molar-refractivity contribution in [2.75, 3.05) is 19.8 Å². The first-order valence-corrected chi connectivity index (χ1v) is 6.20. The van der Waals surface area contributed by atoms with Gasteiger partial charge in [0, 0.05) is 19.0 Å². The van der Waals surface area contributed by atoms with Gasteiger partial charge in [0.15, 0.2) is 0 Å². The maximum Gasteiger partial charge on any atom is 0.411 e. The van der Waals surface area contributed by atoms with Crippen LogP contribution in [0.5, 0.6) is 0 Å². The Morgan fingerprint density at radius 2 is 2.16 bits per heavy atom. The number of alkyl halides is 3. The average Bonchev–Trinajstić information content (AvgIpc) is 2.75. The number of aromatic nitrogens is 3. The lowest BCUT2D eigenvalue weighted by molar-refractivity contribution is -0.175. The Bertz CT molecular complexity index is 367. The van der Waals surface area contributed by atoms with Gasteiger partial charge in [-0.05, 0) is 13.5 Å². The van der Waals surface area contributed by atoms with Crippen LogP contribution in [-0.2, 0) is 17.7 Å². The zero-order valence-electron chi connectivity index (χ0n) is 11.1. The fourth-order valence-electron chi connectivity index (χ4n) is 1.73. The smallest absolute Gasteiger partial charge is 0.370 e. The Balaban J connectivity index is 2.48. The normalized spacial score (nSPS) is 13.7. The Morgan fingerprint density at radius 1 is 1.42 bits per heavy atom. The topological polar surface area (TPSA) is 52.0 Å². The van der Waals surface area contributed by atoms with Crippen LogP contribution in [0, 0.1) is 0 Å². The minimum atomic E-state index is -4.29. The van der Waals surface area contributed by atoms with E-state index < -0.39 is 12.8 Å².